The lowest BCUT2D eigenvalue weighted by Gasteiger charge is -2.52. The molecule has 4 aliphatic carbocycles. The van der Waals surface area contributed by atoms with Crippen LogP contribution in [0.4, 0.5) is 0 Å². The molecule has 2 saturated carbocycles. The quantitative estimate of drug-likeness (QED) is 0.649. The molecule has 2 fully saturated rings. The number of aliphatic hydroxyl groups is 1. The fourth-order valence-corrected chi connectivity index (χ4v) is 5.80. The van der Waals surface area contributed by atoms with Gasteiger partial charge >= 0.3 is 0 Å². The Morgan fingerprint density at radius 2 is 2.05 bits per heavy atom. The highest BCUT2D eigenvalue weighted by Crippen LogP contribution is 2.59. The van der Waals surface area contributed by atoms with E-state index in [0.29, 0.717) is 5.41 Å². The highest BCUT2D eigenvalue weighted by molar-refractivity contribution is 5.22. The molecule has 1 heteroatoms. The molecular weight excluding hydrogens is 232 g/mol. The van der Waals surface area contributed by atoms with Gasteiger partial charge in [-0.15, -0.1) is 0 Å². The topological polar surface area (TPSA) is 20.2 Å². The maximum Gasteiger partial charge on any atom is 0.0723 e. The lowest BCUT2D eigenvalue weighted by molar-refractivity contribution is 0.00901. The van der Waals surface area contributed by atoms with Crippen molar-refractivity contribution in [1.82, 2.24) is 0 Å². The fraction of sp³-hybridized carbons (Fsp3) is 0.778. The third-order valence-electron chi connectivity index (χ3n) is 6.76. The Morgan fingerprint density at radius 3 is 2.95 bits per heavy atom. The van der Waals surface area contributed by atoms with Crippen LogP contribution in [0.5, 0.6) is 0 Å². The third kappa shape index (κ3) is 1.77. The van der Waals surface area contributed by atoms with Gasteiger partial charge in [-0.05, 0) is 74.0 Å². The van der Waals surface area contributed by atoms with Gasteiger partial charge in [-0.2, -0.15) is 0 Å². The van der Waals surface area contributed by atoms with E-state index in [1.54, 1.807) is 5.57 Å². The number of hydrogen-bond acceptors (Lipinski definition) is 1. The van der Waals surface area contributed by atoms with Gasteiger partial charge in [0.25, 0.3) is 0 Å². The van der Waals surface area contributed by atoms with Gasteiger partial charge in [-0.1, -0.05) is 30.7 Å². The summed E-state index contributed by atoms with van der Waals surface area (Å²) in [6.45, 7) is 2.49. The molecule has 4 rings (SSSR count). The van der Waals surface area contributed by atoms with E-state index in [-0.39, 0.29) is 6.10 Å². The van der Waals surface area contributed by atoms with E-state index in [2.05, 4.69) is 25.2 Å². The number of fused-ring (bicyclic) bond motifs is 5. The van der Waals surface area contributed by atoms with Crippen molar-refractivity contribution >= 4 is 0 Å². The molecular formula is C18H26O. The second-order valence-electron chi connectivity index (χ2n) is 7.65. The zero-order chi connectivity index (χ0) is 13.0. The van der Waals surface area contributed by atoms with Crippen molar-refractivity contribution in [3.05, 3.63) is 23.8 Å². The van der Waals surface area contributed by atoms with Crippen LogP contribution >= 0.6 is 0 Å². The van der Waals surface area contributed by atoms with Gasteiger partial charge in [0.1, 0.15) is 0 Å². The summed E-state index contributed by atoms with van der Waals surface area (Å²) in [5.41, 5.74) is 2.12. The first-order valence-electron chi connectivity index (χ1n) is 8.24. The molecule has 0 aromatic rings. The first kappa shape index (κ1) is 12.2. The number of rotatable bonds is 0. The molecule has 1 nitrogen and oxygen atoms in total. The second-order valence-corrected chi connectivity index (χ2v) is 7.65. The largest absolute Gasteiger partial charge is 0.389 e. The van der Waals surface area contributed by atoms with Crippen molar-refractivity contribution in [3.8, 4) is 0 Å². The molecule has 104 valence electrons. The highest BCUT2D eigenvalue weighted by atomic mass is 16.3. The van der Waals surface area contributed by atoms with E-state index in [0.717, 1.165) is 30.1 Å². The smallest absolute Gasteiger partial charge is 0.0723 e. The molecule has 0 radical (unpaired) electrons. The van der Waals surface area contributed by atoms with Gasteiger partial charge in [-0.25, -0.2) is 0 Å². The monoisotopic (exact) mass is 258 g/mol. The van der Waals surface area contributed by atoms with Crippen LogP contribution in [-0.4, -0.2) is 11.2 Å². The molecule has 19 heavy (non-hydrogen) atoms. The van der Waals surface area contributed by atoms with E-state index in [4.69, 9.17) is 0 Å². The standard InChI is InChI=1S/C18H26O/c1-18-9-2-3-17(18)16-6-4-12-11-13(19)5-7-14(12)15(16)8-10-18/h2,9,11,13-17,19H,3-8,10H2,1H3/t13-,14-,15?,16?,17?,18-/m0/s1. The summed E-state index contributed by atoms with van der Waals surface area (Å²) in [6, 6.07) is 0. The van der Waals surface area contributed by atoms with Crippen molar-refractivity contribution < 1.29 is 5.11 Å². The summed E-state index contributed by atoms with van der Waals surface area (Å²) in [4.78, 5) is 0. The summed E-state index contributed by atoms with van der Waals surface area (Å²) in [6.07, 6.45) is 16.0. The van der Waals surface area contributed by atoms with E-state index in [1.807, 2.05) is 0 Å². The lowest BCUT2D eigenvalue weighted by Crippen LogP contribution is -2.44. The van der Waals surface area contributed by atoms with Gasteiger partial charge in [0.2, 0.25) is 0 Å². The van der Waals surface area contributed by atoms with Crippen molar-refractivity contribution in [2.24, 2.45) is 29.1 Å². The molecule has 4 aliphatic rings. The van der Waals surface area contributed by atoms with Crippen molar-refractivity contribution in [1.29, 1.82) is 0 Å². The van der Waals surface area contributed by atoms with Crippen LogP contribution in [-0.2, 0) is 0 Å². The molecule has 1 N–H and O–H groups in total. The molecule has 0 aromatic carbocycles. The Kier molecular flexibility index (Phi) is 2.71. The molecule has 0 aliphatic heterocycles. The van der Waals surface area contributed by atoms with E-state index in [1.165, 1.54) is 38.5 Å². The summed E-state index contributed by atoms with van der Waals surface area (Å²) >= 11 is 0. The second kappa shape index (κ2) is 4.22. The van der Waals surface area contributed by atoms with Gasteiger partial charge in [0.15, 0.2) is 0 Å². The van der Waals surface area contributed by atoms with Crippen molar-refractivity contribution in [2.75, 3.05) is 0 Å². The Hall–Kier alpha value is -0.560. The summed E-state index contributed by atoms with van der Waals surface area (Å²) in [5, 5.41) is 9.85. The van der Waals surface area contributed by atoms with Crippen LogP contribution in [0.1, 0.15) is 51.9 Å². The predicted octanol–water partition coefficient (Wildman–Crippen LogP) is 4.09. The maximum absolute atomic E-state index is 9.85. The molecule has 0 bridgehead atoms. The van der Waals surface area contributed by atoms with Crippen LogP contribution in [0.3, 0.4) is 0 Å². The minimum atomic E-state index is -0.148. The zero-order valence-electron chi connectivity index (χ0n) is 12.0. The van der Waals surface area contributed by atoms with Crippen molar-refractivity contribution in [3.63, 3.8) is 0 Å². The van der Waals surface area contributed by atoms with Crippen LogP contribution in [0.25, 0.3) is 0 Å². The normalized spacial score (nSPS) is 52.1. The zero-order valence-corrected chi connectivity index (χ0v) is 12.0. The highest BCUT2D eigenvalue weighted by Gasteiger charge is 2.50. The number of hydrogen-bond donors (Lipinski definition) is 1. The van der Waals surface area contributed by atoms with Gasteiger partial charge in [0, 0.05) is 0 Å². The fourth-order valence-electron chi connectivity index (χ4n) is 5.80. The SMILES string of the molecule is C[C@@]12C=CCC1C1CCC3=C[C@@H](O)CC[C@@H]3C1CC2. The van der Waals surface area contributed by atoms with Crippen LogP contribution in [0.15, 0.2) is 23.8 Å². The average Bonchev–Trinajstić information content (AvgIpc) is 2.79. The van der Waals surface area contributed by atoms with Crippen LogP contribution in [0.2, 0.25) is 0 Å². The summed E-state index contributed by atoms with van der Waals surface area (Å²) < 4.78 is 0. The first-order valence-corrected chi connectivity index (χ1v) is 8.24. The molecule has 3 unspecified atom stereocenters. The van der Waals surface area contributed by atoms with Gasteiger partial charge in [-0.3, -0.25) is 0 Å². The van der Waals surface area contributed by atoms with E-state index >= 15 is 0 Å². The van der Waals surface area contributed by atoms with Crippen LogP contribution < -0.4 is 0 Å². The Morgan fingerprint density at radius 1 is 1.16 bits per heavy atom. The minimum Gasteiger partial charge on any atom is -0.389 e. The number of aliphatic hydroxyl groups excluding tert-OH is 1. The molecule has 0 saturated heterocycles. The van der Waals surface area contributed by atoms with Crippen LogP contribution in [0, 0.1) is 29.1 Å². The Balaban J connectivity index is 1.62. The lowest BCUT2D eigenvalue weighted by atomic mass is 9.52. The Labute approximate surface area is 116 Å². The average molecular weight is 258 g/mol. The first-order chi connectivity index (χ1) is 9.17. The van der Waals surface area contributed by atoms with Gasteiger partial charge < -0.3 is 5.11 Å². The van der Waals surface area contributed by atoms with E-state index in [9.17, 15) is 5.11 Å². The molecule has 6 atom stereocenters. The molecule has 0 heterocycles. The van der Waals surface area contributed by atoms with E-state index < -0.39 is 0 Å². The third-order valence-corrected chi connectivity index (χ3v) is 6.76. The Bertz CT molecular complexity index is 435. The summed E-state index contributed by atoms with van der Waals surface area (Å²) in [5.74, 6) is 3.60. The molecule has 0 aromatic heterocycles. The summed E-state index contributed by atoms with van der Waals surface area (Å²) in [7, 11) is 0. The van der Waals surface area contributed by atoms with Gasteiger partial charge in [0.05, 0.1) is 6.10 Å². The molecule has 0 spiro atoms. The number of allylic oxidation sites excluding steroid dienone is 3. The minimum absolute atomic E-state index is 0.148. The maximum atomic E-state index is 9.85. The predicted molar refractivity (Wildman–Crippen MR) is 77.6 cm³/mol. The van der Waals surface area contributed by atoms with Crippen molar-refractivity contribution in [2.45, 2.75) is 58.0 Å². The molecule has 0 amide bonds.